The highest BCUT2D eigenvalue weighted by Gasteiger charge is 2.06. The molecule has 0 fully saturated rings. The van der Waals surface area contributed by atoms with Crippen molar-refractivity contribution >= 4 is 28.8 Å². The molecule has 1 aromatic carbocycles. The van der Waals surface area contributed by atoms with Gasteiger partial charge in [-0.25, -0.2) is 4.39 Å². The fourth-order valence-corrected chi connectivity index (χ4v) is 1.21. The first kappa shape index (κ1) is 11.6. The van der Waals surface area contributed by atoms with Crippen LogP contribution >= 0.6 is 12.2 Å². The number of aryl methyl sites for hydroxylation is 1. The Labute approximate surface area is 92.5 Å². The highest BCUT2D eigenvalue weighted by Crippen LogP contribution is 2.15. The molecule has 0 unspecified atom stereocenters. The smallest absolute Gasteiger partial charge is 0.231 e. The molecule has 3 N–H and O–H groups in total. The maximum absolute atomic E-state index is 12.9. The number of nitrogens with two attached hydrogens (primary N) is 1. The van der Waals surface area contributed by atoms with Crippen molar-refractivity contribution in [3.05, 3.63) is 29.6 Å². The Kier molecular flexibility index (Phi) is 3.74. The second-order valence-electron chi connectivity index (χ2n) is 3.15. The summed E-state index contributed by atoms with van der Waals surface area (Å²) < 4.78 is 12.9. The van der Waals surface area contributed by atoms with E-state index in [1.165, 1.54) is 12.1 Å². The van der Waals surface area contributed by atoms with Gasteiger partial charge in [0, 0.05) is 5.69 Å². The minimum Gasteiger partial charge on any atom is -0.393 e. The van der Waals surface area contributed by atoms with Crippen molar-refractivity contribution in [3.63, 3.8) is 0 Å². The van der Waals surface area contributed by atoms with Crippen LogP contribution in [-0.2, 0) is 4.79 Å². The topological polar surface area (TPSA) is 55.1 Å². The minimum atomic E-state index is -0.397. The van der Waals surface area contributed by atoms with Crippen LogP contribution in [0.4, 0.5) is 10.1 Å². The summed E-state index contributed by atoms with van der Waals surface area (Å²) in [6.07, 6.45) is -0.0364. The summed E-state index contributed by atoms with van der Waals surface area (Å²) in [7, 11) is 0. The van der Waals surface area contributed by atoms with Gasteiger partial charge >= 0.3 is 0 Å². The summed E-state index contributed by atoms with van der Waals surface area (Å²) in [5.74, 6) is -0.734. The average molecular weight is 226 g/mol. The van der Waals surface area contributed by atoms with Gasteiger partial charge in [0.25, 0.3) is 0 Å². The van der Waals surface area contributed by atoms with Crippen molar-refractivity contribution in [2.24, 2.45) is 5.73 Å². The first-order valence-electron chi connectivity index (χ1n) is 4.33. The van der Waals surface area contributed by atoms with Crippen molar-refractivity contribution in [2.45, 2.75) is 13.3 Å². The molecule has 0 heterocycles. The minimum absolute atomic E-state index is 0.0364. The maximum Gasteiger partial charge on any atom is 0.231 e. The van der Waals surface area contributed by atoms with Crippen LogP contribution in [0.25, 0.3) is 0 Å². The van der Waals surface area contributed by atoms with E-state index >= 15 is 0 Å². The summed E-state index contributed by atoms with van der Waals surface area (Å²) in [5.41, 5.74) is 6.44. The van der Waals surface area contributed by atoms with E-state index in [2.05, 4.69) is 17.5 Å². The number of rotatable bonds is 3. The lowest BCUT2D eigenvalue weighted by Crippen LogP contribution is -2.20. The fourth-order valence-electron chi connectivity index (χ4n) is 1.08. The number of nitrogens with one attached hydrogen (secondary N) is 1. The normalized spacial score (nSPS) is 9.73. The highest BCUT2D eigenvalue weighted by atomic mass is 32.1. The van der Waals surface area contributed by atoms with E-state index in [-0.39, 0.29) is 17.3 Å². The molecule has 1 rings (SSSR count). The number of hydrogen-bond donors (Lipinski definition) is 2. The summed E-state index contributed by atoms with van der Waals surface area (Å²) in [4.78, 5) is 11.4. The van der Waals surface area contributed by atoms with Crippen LogP contribution in [0, 0.1) is 12.7 Å². The molecule has 0 saturated heterocycles. The number of amides is 1. The summed E-state index contributed by atoms with van der Waals surface area (Å²) in [5, 5.41) is 2.54. The molecule has 0 spiro atoms. The first-order valence-corrected chi connectivity index (χ1v) is 4.74. The molecule has 5 heteroatoms. The number of anilines is 1. The van der Waals surface area contributed by atoms with Gasteiger partial charge in [-0.05, 0) is 24.6 Å². The molecule has 0 saturated carbocycles. The van der Waals surface area contributed by atoms with Crippen LogP contribution in [0.5, 0.6) is 0 Å². The zero-order valence-electron chi connectivity index (χ0n) is 8.21. The predicted octanol–water partition coefficient (Wildman–Crippen LogP) is 1.75. The Hall–Kier alpha value is -1.49. The number of thiocarbonyl (C=S) groups is 1. The lowest BCUT2D eigenvalue weighted by Gasteiger charge is -2.07. The van der Waals surface area contributed by atoms with E-state index in [9.17, 15) is 9.18 Å². The Morgan fingerprint density at radius 1 is 1.60 bits per heavy atom. The molecule has 0 aliphatic carbocycles. The van der Waals surface area contributed by atoms with Crippen molar-refractivity contribution in [1.82, 2.24) is 0 Å². The van der Waals surface area contributed by atoms with Gasteiger partial charge in [0.05, 0.1) is 11.4 Å². The number of carbonyl (C=O) groups excluding carboxylic acids is 1. The van der Waals surface area contributed by atoms with E-state index in [1.807, 2.05) is 0 Å². The number of halogens is 1. The van der Waals surface area contributed by atoms with Gasteiger partial charge in [0.2, 0.25) is 5.91 Å². The van der Waals surface area contributed by atoms with Gasteiger partial charge < -0.3 is 11.1 Å². The quantitative estimate of drug-likeness (QED) is 0.772. The molecular weight excluding hydrogens is 215 g/mol. The molecule has 0 aliphatic heterocycles. The number of carbonyl (C=O) groups is 1. The molecular formula is C10H11FN2OS. The van der Waals surface area contributed by atoms with Gasteiger partial charge in [-0.15, -0.1) is 0 Å². The Morgan fingerprint density at radius 3 is 2.87 bits per heavy atom. The molecule has 3 nitrogen and oxygen atoms in total. The summed E-state index contributed by atoms with van der Waals surface area (Å²) in [6.45, 7) is 1.77. The van der Waals surface area contributed by atoms with Crippen LogP contribution in [0.2, 0.25) is 0 Å². The Balaban J connectivity index is 2.76. The lowest BCUT2D eigenvalue weighted by molar-refractivity contribution is -0.115. The van der Waals surface area contributed by atoms with Crippen LogP contribution in [-0.4, -0.2) is 10.9 Å². The van der Waals surface area contributed by atoms with E-state index in [1.54, 1.807) is 13.0 Å². The van der Waals surface area contributed by atoms with Crippen LogP contribution < -0.4 is 11.1 Å². The molecule has 0 atom stereocenters. The van der Waals surface area contributed by atoms with E-state index in [0.29, 0.717) is 5.69 Å². The van der Waals surface area contributed by atoms with Crippen LogP contribution in [0.3, 0.4) is 0 Å². The highest BCUT2D eigenvalue weighted by molar-refractivity contribution is 7.80. The van der Waals surface area contributed by atoms with Crippen molar-refractivity contribution in [2.75, 3.05) is 5.32 Å². The third-order valence-electron chi connectivity index (χ3n) is 1.81. The van der Waals surface area contributed by atoms with Crippen LogP contribution in [0.1, 0.15) is 12.0 Å². The lowest BCUT2D eigenvalue weighted by atomic mass is 10.2. The monoisotopic (exact) mass is 226 g/mol. The van der Waals surface area contributed by atoms with Gasteiger partial charge in [-0.2, -0.15) is 0 Å². The van der Waals surface area contributed by atoms with Crippen LogP contribution in [0.15, 0.2) is 18.2 Å². The zero-order valence-corrected chi connectivity index (χ0v) is 9.03. The van der Waals surface area contributed by atoms with Crippen molar-refractivity contribution in [1.29, 1.82) is 0 Å². The maximum atomic E-state index is 12.9. The van der Waals surface area contributed by atoms with Gasteiger partial charge in [0.1, 0.15) is 5.82 Å². The van der Waals surface area contributed by atoms with Gasteiger partial charge in [0.15, 0.2) is 0 Å². The number of hydrogen-bond acceptors (Lipinski definition) is 2. The second-order valence-corrected chi connectivity index (χ2v) is 3.67. The Morgan fingerprint density at radius 2 is 2.27 bits per heavy atom. The zero-order chi connectivity index (χ0) is 11.4. The standard InChI is InChI=1S/C10H11FN2OS/c1-6-2-3-7(11)4-8(6)13-10(14)5-9(12)15/h2-4H,5H2,1H3,(H2,12,15)(H,13,14). The second kappa shape index (κ2) is 4.84. The third kappa shape index (κ3) is 3.63. The predicted molar refractivity (Wildman–Crippen MR) is 61.2 cm³/mol. The van der Waals surface area contributed by atoms with Crippen molar-refractivity contribution < 1.29 is 9.18 Å². The average Bonchev–Trinajstić information content (AvgIpc) is 2.10. The third-order valence-corrected chi connectivity index (χ3v) is 1.95. The molecule has 1 aromatic rings. The molecule has 0 radical (unpaired) electrons. The Bertz CT molecular complexity index is 406. The van der Waals surface area contributed by atoms with E-state index < -0.39 is 5.82 Å². The first-order chi connectivity index (χ1) is 6.99. The van der Waals surface area contributed by atoms with E-state index in [0.717, 1.165) is 5.56 Å². The molecule has 0 aliphatic rings. The molecule has 15 heavy (non-hydrogen) atoms. The van der Waals surface area contributed by atoms with E-state index in [4.69, 9.17) is 5.73 Å². The largest absolute Gasteiger partial charge is 0.393 e. The summed E-state index contributed by atoms with van der Waals surface area (Å²) >= 11 is 4.59. The molecule has 1 amide bonds. The van der Waals surface area contributed by atoms with Gasteiger partial charge in [-0.3, -0.25) is 4.79 Å². The van der Waals surface area contributed by atoms with Gasteiger partial charge in [-0.1, -0.05) is 18.3 Å². The fraction of sp³-hybridized carbons (Fsp3) is 0.200. The molecule has 0 aromatic heterocycles. The van der Waals surface area contributed by atoms with Crippen molar-refractivity contribution in [3.8, 4) is 0 Å². The molecule has 0 bridgehead atoms. The number of benzene rings is 1. The molecule has 80 valence electrons. The SMILES string of the molecule is Cc1ccc(F)cc1NC(=O)CC(N)=S. The summed E-state index contributed by atoms with van der Waals surface area (Å²) in [6, 6.07) is 4.18.